The van der Waals surface area contributed by atoms with Crippen molar-refractivity contribution in [3.05, 3.63) is 46.6 Å². The fourth-order valence-corrected chi connectivity index (χ4v) is 6.68. The van der Waals surface area contributed by atoms with Crippen LogP contribution in [0.5, 0.6) is 5.75 Å². The highest BCUT2D eigenvalue weighted by atomic mass is 16.5. The van der Waals surface area contributed by atoms with Crippen LogP contribution in [0.4, 0.5) is 0 Å². The van der Waals surface area contributed by atoms with Gasteiger partial charge in [0.2, 0.25) is 0 Å². The van der Waals surface area contributed by atoms with Crippen molar-refractivity contribution in [2.45, 2.75) is 63.9 Å². The second-order valence-corrected chi connectivity index (χ2v) is 9.96. The summed E-state index contributed by atoms with van der Waals surface area (Å²) in [6, 6.07) is 5.12. The van der Waals surface area contributed by atoms with Crippen LogP contribution in [0.3, 0.4) is 0 Å². The minimum Gasteiger partial charge on any atom is -0.484 e. The van der Waals surface area contributed by atoms with Gasteiger partial charge in [0, 0.05) is 37.1 Å². The molecule has 1 aliphatic heterocycles. The number of nitrogens with zero attached hydrogens (tertiary/aromatic N) is 1. The summed E-state index contributed by atoms with van der Waals surface area (Å²) in [5.41, 5.74) is -1.39. The van der Waals surface area contributed by atoms with Crippen LogP contribution < -0.4 is 10.4 Å². The van der Waals surface area contributed by atoms with E-state index in [0.717, 1.165) is 7.11 Å². The summed E-state index contributed by atoms with van der Waals surface area (Å²) in [6.07, 6.45) is 2.57. The molecule has 8 nitrogen and oxygen atoms in total. The van der Waals surface area contributed by atoms with E-state index in [2.05, 4.69) is 11.9 Å². The van der Waals surface area contributed by atoms with E-state index in [-0.39, 0.29) is 23.1 Å². The van der Waals surface area contributed by atoms with E-state index in [1.54, 1.807) is 30.6 Å². The van der Waals surface area contributed by atoms with Crippen molar-refractivity contribution < 1.29 is 29.6 Å². The first-order chi connectivity index (χ1) is 15.7. The van der Waals surface area contributed by atoms with Gasteiger partial charge in [0.25, 0.3) is 0 Å². The van der Waals surface area contributed by atoms with Crippen LogP contribution in [0, 0.1) is 23.2 Å². The number of ether oxygens (including phenoxy) is 1. The highest BCUT2D eigenvalue weighted by molar-refractivity contribution is 5.59. The Labute approximate surface area is 192 Å². The Bertz CT molecular complexity index is 1060. The molecule has 0 saturated heterocycles. The lowest BCUT2D eigenvalue weighted by Gasteiger charge is -2.63. The van der Waals surface area contributed by atoms with E-state index >= 15 is 0 Å². The molecule has 0 bridgehead atoms. The van der Waals surface area contributed by atoms with Crippen LogP contribution in [0.1, 0.15) is 51.7 Å². The molecule has 180 valence electrons. The summed E-state index contributed by atoms with van der Waals surface area (Å²) in [5, 5.41) is 40.1. The normalized spacial score (nSPS) is 39.2. The molecule has 2 aliphatic carbocycles. The highest BCUT2D eigenvalue weighted by Crippen LogP contribution is 2.64. The monoisotopic (exact) mass is 459 g/mol. The molecule has 0 aromatic carbocycles. The number of aliphatic hydroxyl groups excluding tert-OH is 4. The Morgan fingerprint density at radius 2 is 1.91 bits per heavy atom. The number of aliphatic hydroxyl groups is 4. The van der Waals surface area contributed by atoms with Crippen LogP contribution in [0.2, 0.25) is 0 Å². The molecule has 2 fully saturated rings. The molecule has 0 radical (unpaired) electrons. The van der Waals surface area contributed by atoms with Crippen LogP contribution in [-0.2, 0) is 0 Å². The summed E-state index contributed by atoms with van der Waals surface area (Å²) >= 11 is 0. The molecule has 3 aliphatic rings. The van der Waals surface area contributed by atoms with Crippen LogP contribution in [0.15, 0.2) is 39.8 Å². The van der Waals surface area contributed by atoms with E-state index in [9.17, 15) is 20.1 Å². The van der Waals surface area contributed by atoms with Crippen molar-refractivity contribution >= 4 is 0 Å². The molecular formula is C25H33NO7. The zero-order valence-electron chi connectivity index (χ0n) is 19.4. The van der Waals surface area contributed by atoms with Crippen molar-refractivity contribution in [2.75, 3.05) is 7.11 Å². The van der Waals surface area contributed by atoms with E-state index in [1.165, 1.54) is 0 Å². The number of hydrogen-bond donors (Lipinski definition) is 4. The van der Waals surface area contributed by atoms with Crippen LogP contribution >= 0.6 is 0 Å². The summed E-state index contributed by atoms with van der Waals surface area (Å²) in [4.78, 5) is 17.0. The standard InChI is InChI=1S/C24H29NO6.CH4O/c1-12-14-9-18(27)24(3)21(23(14,2)7-6-15(12)26)20(28)19-17(31-24)10-16(30-22(19)29)13-5-4-8-25-11-13;1-2/h4-5,8,10-12,14-15,18,20-21,26-28H,6-7,9H2,1-3H3;2H,1H3/t12?,14?,15?,18-,20?,21?,23-,24?;/m0./s1. The lowest BCUT2D eigenvalue weighted by atomic mass is 9.46. The van der Waals surface area contributed by atoms with Gasteiger partial charge in [-0.25, -0.2) is 4.79 Å². The molecule has 8 heteroatoms. The largest absolute Gasteiger partial charge is 0.484 e. The van der Waals surface area contributed by atoms with Gasteiger partial charge < -0.3 is 29.6 Å². The minimum absolute atomic E-state index is 0.00540. The molecule has 6 unspecified atom stereocenters. The second-order valence-electron chi connectivity index (χ2n) is 9.96. The first-order valence-electron chi connectivity index (χ1n) is 11.4. The molecule has 3 heterocycles. The Hall–Kier alpha value is -2.26. The predicted octanol–water partition coefficient (Wildman–Crippen LogP) is 2.29. The van der Waals surface area contributed by atoms with E-state index in [0.29, 0.717) is 30.6 Å². The SMILES string of the molecule is CC1C(O)CC[C@@]2(C)C1C[C@H](O)C1(C)Oc3cc(-c4cccnc4)oc(=O)c3C(O)C12.CO. The van der Waals surface area contributed by atoms with Gasteiger partial charge in [0.15, 0.2) is 0 Å². The van der Waals surface area contributed by atoms with Gasteiger partial charge in [-0.05, 0) is 55.6 Å². The maximum Gasteiger partial charge on any atom is 0.345 e. The third-order valence-electron chi connectivity index (χ3n) is 8.37. The van der Waals surface area contributed by atoms with Crippen molar-refractivity contribution in [1.82, 2.24) is 4.98 Å². The van der Waals surface area contributed by atoms with Crippen LogP contribution in [0.25, 0.3) is 11.3 Å². The number of aromatic nitrogens is 1. The highest BCUT2D eigenvalue weighted by Gasteiger charge is 2.66. The van der Waals surface area contributed by atoms with Crippen molar-refractivity contribution in [1.29, 1.82) is 0 Å². The Kier molecular flexibility index (Phi) is 6.16. The first kappa shape index (κ1) is 23.9. The topological polar surface area (TPSA) is 133 Å². The van der Waals surface area contributed by atoms with Gasteiger partial charge in [-0.3, -0.25) is 4.98 Å². The summed E-state index contributed by atoms with van der Waals surface area (Å²) in [5.74, 6) is 0.0198. The number of rotatable bonds is 1. The summed E-state index contributed by atoms with van der Waals surface area (Å²) < 4.78 is 11.9. The van der Waals surface area contributed by atoms with Crippen molar-refractivity contribution in [3.8, 4) is 17.1 Å². The maximum absolute atomic E-state index is 13.0. The second kappa shape index (κ2) is 8.51. The average molecular weight is 460 g/mol. The fourth-order valence-electron chi connectivity index (χ4n) is 6.68. The van der Waals surface area contributed by atoms with Gasteiger partial charge in [-0.1, -0.05) is 13.8 Å². The minimum atomic E-state index is -1.14. The maximum atomic E-state index is 13.0. The zero-order chi connectivity index (χ0) is 24.1. The average Bonchev–Trinajstić information content (AvgIpc) is 2.80. The van der Waals surface area contributed by atoms with Gasteiger partial charge in [0.1, 0.15) is 22.7 Å². The van der Waals surface area contributed by atoms with Gasteiger partial charge in [0.05, 0.1) is 18.3 Å². The smallest absolute Gasteiger partial charge is 0.345 e. The zero-order valence-corrected chi connectivity index (χ0v) is 19.4. The predicted molar refractivity (Wildman–Crippen MR) is 120 cm³/mol. The van der Waals surface area contributed by atoms with Gasteiger partial charge in [-0.15, -0.1) is 0 Å². The molecule has 2 aromatic heterocycles. The molecule has 0 amide bonds. The quantitative estimate of drug-likeness (QED) is 0.511. The first-order valence-corrected chi connectivity index (χ1v) is 11.4. The molecular weight excluding hydrogens is 426 g/mol. The van der Waals surface area contributed by atoms with E-state index in [4.69, 9.17) is 14.3 Å². The number of hydrogen-bond acceptors (Lipinski definition) is 8. The third kappa shape index (κ3) is 3.51. The Balaban J connectivity index is 0.00000126. The number of pyridine rings is 1. The Morgan fingerprint density at radius 1 is 1.18 bits per heavy atom. The molecule has 2 aromatic rings. The van der Waals surface area contributed by atoms with Gasteiger partial charge >= 0.3 is 5.63 Å². The summed E-state index contributed by atoms with van der Waals surface area (Å²) in [6.45, 7) is 5.92. The lowest BCUT2D eigenvalue weighted by Crippen LogP contribution is -2.68. The number of fused-ring (bicyclic) bond motifs is 4. The van der Waals surface area contributed by atoms with E-state index < -0.39 is 40.9 Å². The third-order valence-corrected chi connectivity index (χ3v) is 8.37. The van der Waals surface area contributed by atoms with Gasteiger partial charge in [-0.2, -0.15) is 0 Å². The van der Waals surface area contributed by atoms with Crippen molar-refractivity contribution in [3.63, 3.8) is 0 Å². The molecule has 0 spiro atoms. The Morgan fingerprint density at radius 3 is 2.58 bits per heavy atom. The molecule has 33 heavy (non-hydrogen) atoms. The molecule has 4 N–H and O–H groups in total. The van der Waals surface area contributed by atoms with Crippen LogP contribution in [-0.4, -0.2) is 50.3 Å². The van der Waals surface area contributed by atoms with E-state index in [1.807, 2.05) is 13.8 Å². The summed E-state index contributed by atoms with van der Waals surface area (Å²) in [7, 11) is 1.00. The lowest BCUT2D eigenvalue weighted by molar-refractivity contribution is -0.242. The molecule has 8 atom stereocenters. The fraction of sp³-hybridized carbons (Fsp3) is 0.600. The van der Waals surface area contributed by atoms with Crippen molar-refractivity contribution in [2.24, 2.45) is 23.2 Å². The molecule has 2 saturated carbocycles. The molecule has 5 rings (SSSR count).